The first-order valence-electron chi connectivity index (χ1n) is 6.84. The summed E-state index contributed by atoms with van der Waals surface area (Å²) in [5.41, 5.74) is 2.10. The monoisotopic (exact) mass is 323 g/mol. The van der Waals surface area contributed by atoms with E-state index in [2.05, 4.69) is 15.8 Å². The number of carbonyl (C=O) groups excluding carboxylic acids is 1. The fraction of sp³-hybridized carbons (Fsp3) is 0.200. The number of nitrogens with zero attached hydrogens (tertiary/aromatic N) is 1. The summed E-state index contributed by atoms with van der Waals surface area (Å²) in [6, 6.07) is 5.06. The van der Waals surface area contributed by atoms with Crippen LogP contribution in [0.4, 0.5) is 13.2 Å². The number of nitrogens with one attached hydrogen (secondary N) is 2. The molecule has 2 heterocycles. The molecule has 0 aromatic heterocycles. The Hall–Kier alpha value is -2.77. The number of alkyl halides is 3. The van der Waals surface area contributed by atoms with Crippen molar-refractivity contribution in [2.45, 2.75) is 19.5 Å². The van der Waals surface area contributed by atoms with Gasteiger partial charge in [-0.2, -0.15) is 13.2 Å². The van der Waals surface area contributed by atoms with E-state index in [1.165, 1.54) is 18.2 Å². The number of aliphatic imine (C=N–C) groups is 1. The Labute approximate surface area is 129 Å². The third-order valence-electron chi connectivity index (χ3n) is 3.41. The van der Waals surface area contributed by atoms with Gasteiger partial charge in [0.25, 0.3) is 5.91 Å². The molecule has 0 unspecified atom stereocenters. The highest BCUT2D eigenvalue weighted by atomic mass is 19.4. The van der Waals surface area contributed by atoms with Crippen molar-refractivity contribution < 1.29 is 22.8 Å². The van der Waals surface area contributed by atoms with Gasteiger partial charge in [0.2, 0.25) is 0 Å². The molecule has 2 aliphatic heterocycles. The lowest BCUT2D eigenvalue weighted by molar-refractivity contribution is -0.137. The van der Waals surface area contributed by atoms with Gasteiger partial charge in [-0.25, -0.2) is 10.5 Å². The van der Waals surface area contributed by atoms with Crippen molar-refractivity contribution in [2.75, 3.05) is 0 Å². The summed E-state index contributed by atoms with van der Waals surface area (Å²) in [6.45, 7) is 1.80. The van der Waals surface area contributed by atoms with E-state index in [-0.39, 0.29) is 17.0 Å². The van der Waals surface area contributed by atoms with Crippen molar-refractivity contribution in [1.29, 1.82) is 0 Å². The highest BCUT2D eigenvalue weighted by Gasteiger charge is 2.36. The number of hydrogen-bond acceptors (Lipinski definition) is 4. The molecule has 1 aromatic carbocycles. The normalized spacial score (nSPS) is 17.5. The molecule has 8 heteroatoms. The van der Waals surface area contributed by atoms with Gasteiger partial charge in [0, 0.05) is 12.0 Å². The number of hydroxylamine groups is 1. The lowest BCUT2D eigenvalue weighted by atomic mass is 10.0. The summed E-state index contributed by atoms with van der Waals surface area (Å²) in [5, 5.41) is 2.56. The molecule has 120 valence electrons. The van der Waals surface area contributed by atoms with Crippen LogP contribution in [0.15, 0.2) is 46.4 Å². The number of carbonyl (C=O) groups is 1. The molecule has 0 atom stereocenters. The van der Waals surface area contributed by atoms with Crippen LogP contribution in [0.1, 0.15) is 24.5 Å². The lowest BCUT2D eigenvalue weighted by Crippen LogP contribution is -2.24. The number of halogens is 3. The SMILES string of the molecule is CCC1=C2NC(=O)C=NC(c3ccccc3C(F)(F)F)=C2NO1. The number of rotatable bonds is 2. The van der Waals surface area contributed by atoms with Crippen LogP contribution in [0.2, 0.25) is 0 Å². The van der Waals surface area contributed by atoms with Crippen molar-refractivity contribution in [3.05, 3.63) is 52.5 Å². The fourth-order valence-electron chi connectivity index (χ4n) is 2.39. The molecular formula is C15H12F3N3O2. The molecule has 1 amide bonds. The quantitative estimate of drug-likeness (QED) is 0.880. The summed E-state index contributed by atoms with van der Waals surface area (Å²) >= 11 is 0. The Morgan fingerprint density at radius 3 is 2.65 bits per heavy atom. The molecular weight excluding hydrogens is 311 g/mol. The molecule has 0 bridgehead atoms. The second-order valence-corrected chi connectivity index (χ2v) is 4.87. The predicted octanol–water partition coefficient (Wildman–Crippen LogP) is 2.73. The van der Waals surface area contributed by atoms with Crippen molar-refractivity contribution in [3.8, 4) is 0 Å². The molecule has 0 fully saturated rings. The van der Waals surface area contributed by atoms with Gasteiger partial charge in [-0.15, -0.1) is 0 Å². The molecule has 0 saturated heterocycles. The van der Waals surface area contributed by atoms with Crippen molar-refractivity contribution in [3.63, 3.8) is 0 Å². The average molecular weight is 323 g/mol. The van der Waals surface area contributed by atoms with Crippen LogP contribution in [0.5, 0.6) is 0 Å². The standard InChI is InChI=1S/C15H12F3N3O2/c1-2-10-13-14(21-23-10)12(19-7-11(22)20-13)8-5-3-4-6-9(8)15(16,17)18/h3-7,21H,2H2,1H3,(H,20,22). The summed E-state index contributed by atoms with van der Waals surface area (Å²) in [5.74, 6) is -0.101. The Balaban J connectivity index is 2.24. The Morgan fingerprint density at radius 1 is 1.22 bits per heavy atom. The smallest absolute Gasteiger partial charge is 0.384 e. The van der Waals surface area contributed by atoms with Crippen molar-refractivity contribution >= 4 is 17.8 Å². The topological polar surface area (TPSA) is 62.7 Å². The van der Waals surface area contributed by atoms with Crippen molar-refractivity contribution in [1.82, 2.24) is 10.8 Å². The summed E-state index contributed by atoms with van der Waals surface area (Å²) in [4.78, 5) is 20.9. The third kappa shape index (κ3) is 2.67. The zero-order valence-electron chi connectivity index (χ0n) is 12.0. The van der Waals surface area contributed by atoms with Gasteiger partial charge in [-0.1, -0.05) is 25.1 Å². The number of hydrogen-bond donors (Lipinski definition) is 2. The van der Waals surface area contributed by atoms with Crippen LogP contribution in [-0.2, 0) is 15.8 Å². The van der Waals surface area contributed by atoms with Gasteiger partial charge in [0.1, 0.15) is 11.4 Å². The fourth-order valence-corrected chi connectivity index (χ4v) is 2.39. The van der Waals surface area contributed by atoms with Crippen LogP contribution in [-0.4, -0.2) is 12.1 Å². The molecule has 2 N–H and O–H groups in total. The van der Waals surface area contributed by atoms with Gasteiger partial charge < -0.3 is 10.2 Å². The molecule has 1 aromatic rings. The minimum Gasteiger partial charge on any atom is -0.384 e. The van der Waals surface area contributed by atoms with Gasteiger partial charge in [0.05, 0.1) is 17.5 Å². The molecule has 0 aliphatic carbocycles. The van der Waals surface area contributed by atoms with Crippen LogP contribution in [0.25, 0.3) is 5.70 Å². The molecule has 0 radical (unpaired) electrons. The first-order chi connectivity index (χ1) is 10.9. The van der Waals surface area contributed by atoms with E-state index >= 15 is 0 Å². The van der Waals surface area contributed by atoms with Gasteiger partial charge in [-0.05, 0) is 6.07 Å². The Bertz CT molecular complexity index is 763. The first-order valence-corrected chi connectivity index (χ1v) is 6.84. The maximum absolute atomic E-state index is 13.2. The van der Waals surface area contributed by atoms with Crippen molar-refractivity contribution in [2.24, 2.45) is 4.99 Å². The zero-order chi connectivity index (χ0) is 16.6. The van der Waals surface area contributed by atoms with Crippen LogP contribution >= 0.6 is 0 Å². The average Bonchev–Trinajstić information content (AvgIpc) is 2.82. The highest BCUT2D eigenvalue weighted by molar-refractivity contribution is 6.28. The second-order valence-electron chi connectivity index (χ2n) is 4.87. The molecule has 2 aliphatic rings. The number of benzene rings is 1. The number of fused-ring (bicyclic) bond motifs is 1. The lowest BCUT2D eigenvalue weighted by Gasteiger charge is -2.14. The minimum absolute atomic E-state index is 0.00488. The molecule has 5 nitrogen and oxygen atoms in total. The Kier molecular flexibility index (Phi) is 3.59. The van der Waals surface area contributed by atoms with E-state index in [9.17, 15) is 18.0 Å². The number of allylic oxidation sites excluding steroid dienone is 1. The third-order valence-corrected chi connectivity index (χ3v) is 3.41. The molecule has 0 saturated carbocycles. The maximum Gasteiger partial charge on any atom is 0.417 e. The van der Waals surface area contributed by atoms with Gasteiger partial charge in [-0.3, -0.25) is 4.79 Å². The van der Waals surface area contributed by atoms with Gasteiger partial charge in [0.15, 0.2) is 5.76 Å². The molecule has 3 rings (SSSR count). The van der Waals surface area contributed by atoms with E-state index in [1.54, 1.807) is 6.92 Å². The zero-order valence-corrected chi connectivity index (χ0v) is 12.0. The highest BCUT2D eigenvalue weighted by Crippen LogP contribution is 2.38. The summed E-state index contributed by atoms with van der Waals surface area (Å²) in [7, 11) is 0. The molecule has 23 heavy (non-hydrogen) atoms. The predicted molar refractivity (Wildman–Crippen MR) is 76.5 cm³/mol. The summed E-state index contributed by atoms with van der Waals surface area (Å²) < 4.78 is 39.7. The first kappa shape index (κ1) is 15.1. The second kappa shape index (κ2) is 5.45. The van der Waals surface area contributed by atoms with E-state index in [0.717, 1.165) is 12.3 Å². The van der Waals surface area contributed by atoms with Crippen LogP contribution in [0.3, 0.4) is 0 Å². The Morgan fingerprint density at radius 2 is 1.96 bits per heavy atom. The van der Waals surface area contributed by atoms with Crippen LogP contribution in [0, 0.1) is 0 Å². The molecule has 0 spiro atoms. The largest absolute Gasteiger partial charge is 0.417 e. The number of amides is 1. The van der Waals surface area contributed by atoms with E-state index in [1.807, 2.05) is 0 Å². The van der Waals surface area contributed by atoms with E-state index in [4.69, 9.17) is 4.84 Å². The van der Waals surface area contributed by atoms with Gasteiger partial charge >= 0.3 is 6.18 Å². The van der Waals surface area contributed by atoms with E-state index < -0.39 is 17.6 Å². The maximum atomic E-state index is 13.2. The van der Waals surface area contributed by atoms with Crippen LogP contribution < -0.4 is 10.8 Å². The summed E-state index contributed by atoms with van der Waals surface area (Å²) in [6.07, 6.45) is -3.13. The minimum atomic E-state index is -4.54. The van der Waals surface area contributed by atoms with E-state index in [0.29, 0.717) is 17.9 Å².